The Morgan fingerprint density at radius 1 is 1.28 bits per heavy atom. The molecular formula is C16H24O2. The summed E-state index contributed by atoms with van der Waals surface area (Å²) in [6.07, 6.45) is 7.29. The lowest BCUT2D eigenvalue weighted by Crippen LogP contribution is -2.07. The molecule has 0 amide bonds. The second kappa shape index (κ2) is 6.79. The fraction of sp³-hybridized carbons (Fsp3) is 0.625. The monoisotopic (exact) mass is 248 g/mol. The number of aliphatic hydroxyl groups is 1. The van der Waals surface area contributed by atoms with Gasteiger partial charge in [-0.25, -0.2) is 0 Å². The predicted octanol–water partition coefficient (Wildman–Crippen LogP) is 3.50. The molecule has 1 unspecified atom stereocenters. The van der Waals surface area contributed by atoms with Gasteiger partial charge in [-0.2, -0.15) is 0 Å². The second-order valence-corrected chi connectivity index (χ2v) is 5.23. The van der Waals surface area contributed by atoms with Crippen LogP contribution in [0.4, 0.5) is 0 Å². The summed E-state index contributed by atoms with van der Waals surface area (Å²) in [5.41, 5.74) is 2.65. The molecule has 2 rings (SSSR count). The number of hydrogen-bond donors (Lipinski definition) is 1. The smallest absolute Gasteiger partial charge is 0.122 e. The third kappa shape index (κ3) is 3.74. The topological polar surface area (TPSA) is 29.5 Å². The summed E-state index contributed by atoms with van der Waals surface area (Å²) in [7, 11) is 0. The molecule has 2 heteroatoms. The van der Waals surface area contributed by atoms with Crippen LogP contribution in [0, 0.1) is 0 Å². The molecular weight excluding hydrogens is 224 g/mol. The van der Waals surface area contributed by atoms with E-state index < -0.39 is 0 Å². The van der Waals surface area contributed by atoms with Gasteiger partial charge in [0.15, 0.2) is 0 Å². The van der Waals surface area contributed by atoms with Gasteiger partial charge in [0, 0.05) is 6.42 Å². The molecule has 2 nitrogen and oxygen atoms in total. The van der Waals surface area contributed by atoms with E-state index in [1.165, 1.54) is 24.0 Å². The van der Waals surface area contributed by atoms with Crippen LogP contribution in [0.3, 0.4) is 0 Å². The molecule has 1 aromatic carbocycles. The maximum Gasteiger partial charge on any atom is 0.122 e. The first-order valence-electron chi connectivity index (χ1n) is 7.22. The molecule has 0 saturated heterocycles. The average Bonchev–Trinajstić information content (AvgIpc) is 2.84. The van der Waals surface area contributed by atoms with Crippen molar-refractivity contribution >= 4 is 0 Å². The summed E-state index contributed by atoms with van der Waals surface area (Å²) < 4.78 is 5.50. The average molecular weight is 248 g/mol. The van der Waals surface area contributed by atoms with Gasteiger partial charge in [0.2, 0.25) is 0 Å². The lowest BCUT2D eigenvalue weighted by atomic mass is 10.0. The zero-order valence-corrected chi connectivity index (χ0v) is 11.3. The molecule has 1 aliphatic heterocycles. The molecule has 1 heterocycles. The third-order valence-electron chi connectivity index (χ3n) is 3.66. The third-order valence-corrected chi connectivity index (χ3v) is 3.66. The standard InChI is InChI=1S/C16H24O2/c1-2-3-4-5-15(17)8-6-13-7-9-16-14(12-13)10-11-18-16/h7,9,12,15,17H,2-6,8,10-11H2,1H3. The van der Waals surface area contributed by atoms with E-state index in [9.17, 15) is 5.11 Å². The Morgan fingerprint density at radius 2 is 2.17 bits per heavy atom. The second-order valence-electron chi connectivity index (χ2n) is 5.23. The fourth-order valence-corrected chi connectivity index (χ4v) is 2.50. The molecule has 1 atom stereocenters. The number of aryl methyl sites for hydroxylation is 1. The molecule has 1 N–H and O–H groups in total. The van der Waals surface area contributed by atoms with Gasteiger partial charge >= 0.3 is 0 Å². The predicted molar refractivity (Wildman–Crippen MR) is 74.1 cm³/mol. The van der Waals surface area contributed by atoms with Crippen molar-refractivity contribution in [3.05, 3.63) is 29.3 Å². The largest absolute Gasteiger partial charge is 0.493 e. The van der Waals surface area contributed by atoms with Crippen molar-refractivity contribution in [2.45, 2.75) is 58.0 Å². The van der Waals surface area contributed by atoms with Crippen LogP contribution in [0.2, 0.25) is 0 Å². The van der Waals surface area contributed by atoms with E-state index in [1.54, 1.807) is 0 Å². The molecule has 0 spiro atoms. The molecule has 18 heavy (non-hydrogen) atoms. The van der Waals surface area contributed by atoms with Crippen molar-refractivity contribution in [1.29, 1.82) is 0 Å². The van der Waals surface area contributed by atoms with Crippen LogP contribution in [0.5, 0.6) is 5.75 Å². The zero-order chi connectivity index (χ0) is 12.8. The van der Waals surface area contributed by atoms with Crippen LogP contribution in [0.25, 0.3) is 0 Å². The van der Waals surface area contributed by atoms with E-state index in [-0.39, 0.29) is 6.10 Å². The highest BCUT2D eigenvalue weighted by Gasteiger charge is 2.12. The van der Waals surface area contributed by atoms with Crippen molar-refractivity contribution in [2.75, 3.05) is 6.61 Å². The van der Waals surface area contributed by atoms with Gasteiger partial charge in [-0.1, -0.05) is 38.3 Å². The van der Waals surface area contributed by atoms with Crippen molar-refractivity contribution in [1.82, 2.24) is 0 Å². The molecule has 0 fully saturated rings. The Balaban J connectivity index is 1.76. The fourth-order valence-electron chi connectivity index (χ4n) is 2.50. The van der Waals surface area contributed by atoms with Crippen LogP contribution in [-0.2, 0) is 12.8 Å². The van der Waals surface area contributed by atoms with Crippen molar-refractivity contribution in [3.63, 3.8) is 0 Å². The Hall–Kier alpha value is -1.02. The van der Waals surface area contributed by atoms with Crippen LogP contribution in [-0.4, -0.2) is 17.8 Å². The molecule has 0 aliphatic carbocycles. The first kappa shape index (κ1) is 13.4. The zero-order valence-electron chi connectivity index (χ0n) is 11.3. The molecule has 0 saturated carbocycles. The van der Waals surface area contributed by atoms with Gasteiger partial charge in [-0.05, 0) is 36.5 Å². The number of fused-ring (bicyclic) bond motifs is 1. The highest BCUT2D eigenvalue weighted by molar-refractivity contribution is 5.39. The highest BCUT2D eigenvalue weighted by Crippen LogP contribution is 2.26. The van der Waals surface area contributed by atoms with Gasteiger partial charge in [-0.15, -0.1) is 0 Å². The summed E-state index contributed by atoms with van der Waals surface area (Å²) in [4.78, 5) is 0. The summed E-state index contributed by atoms with van der Waals surface area (Å²) in [5, 5.41) is 9.91. The Bertz CT molecular complexity index is 373. The number of ether oxygens (including phenoxy) is 1. The van der Waals surface area contributed by atoms with Crippen molar-refractivity contribution in [2.24, 2.45) is 0 Å². The lowest BCUT2D eigenvalue weighted by Gasteiger charge is -2.10. The van der Waals surface area contributed by atoms with E-state index in [2.05, 4.69) is 25.1 Å². The first-order chi connectivity index (χ1) is 8.79. The summed E-state index contributed by atoms with van der Waals surface area (Å²) in [5.74, 6) is 1.04. The Labute approximate surface area is 110 Å². The van der Waals surface area contributed by atoms with E-state index in [0.717, 1.165) is 44.5 Å². The Morgan fingerprint density at radius 3 is 3.00 bits per heavy atom. The molecule has 1 aromatic rings. The van der Waals surface area contributed by atoms with Crippen LogP contribution in [0.15, 0.2) is 18.2 Å². The minimum atomic E-state index is -0.138. The highest BCUT2D eigenvalue weighted by atomic mass is 16.5. The summed E-state index contributed by atoms with van der Waals surface area (Å²) in [6.45, 7) is 3.01. The number of aliphatic hydroxyl groups excluding tert-OH is 1. The lowest BCUT2D eigenvalue weighted by molar-refractivity contribution is 0.151. The van der Waals surface area contributed by atoms with E-state index >= 15 is 0 Å². The molecule has 0 radical (unpaired) electrons. The normalized spacial score (nSPS) is 15.2. The van der Waals surface area contributed by atoms with Crippen LogP contribution >= 0.6 is 0 Å². The molecule has 1 aliphatic rings. The van der Waals surface area contributed by atoms with Crippen LogP contribution in [0.1, 0.15) is 50.2 Å². The summed E-state index contributed by atoms with van der Waals surface area (Å²) in [6, 6.07) is 6.44. The number of unbranched alkanes of at least 4 members (excludes halogenated alkanes) is 2. The minimum absolute atomic E-state index is 0.138. The number of benzene rings is 1. The molecule has 100 valence electrons. The van der Waals surface area contributed by atoms with Crippen LogP contribution < -0.4 is 4.74 Å². The maximum atomic E-state index is 9.91. The van der Waals surface area contributed by atoms with Gasteiger partial charge in [0.05, 0.1) is 12.7 Å². The SMILES string of the molecule is CCCCCC(O)CCc1ccc2c(c1)CCO2. The van der Waals surface area contributed by atoms with Gasteiger partial charge in [0.25, 0.3) is 0 Å². The Kier molecular flexibility index (Phi) is 5.06. The number of hydrogen-bond acceptors (Lipinski definition) is 2. The van der Waals surface area contributed by atoms with Gasteiger partial charge in [0.1, 0.15) is 5.75 Å². The molecule has 0 bridgehead atoms. The molecule has 0 aromatic heterocycles. The maximum absolute atomic E-state index is 9.91. The van der Waals surface area contributed by atoms with E-state index in [0.29, 0.717) is 0 Å². The minimum Gasteiger partial charge on any atom is -0.493 e. The van der Waals surface area contributed by atoms with Crippen molar-refractivity contribution < 1.29 is 9.84 Å². The quantitative estimate of drug-likeness (QED) is 0.748. The van der Waals surface area contributed by atoms with Gasteiger partial charge in [-0.3, -0.25) is 0 Å². The van der Waals surface area contributed by atoms with E-state index in [1.807, 2.05) is 0 Å². The number of rotatable bonds is 7. The first-order valence-corrected chi connectivity index (χ1v) is 7.22. The van der Waals surface area contributed by atoms with Crippen molar-refractivity contribution in [3.8, 4) is 5.75 Å². The van der Waals surface area contributed by atoms with Gasteiger partial charge < -0.3 is 9.84 Å². The van der Waals surface area contributed by atoms with E-state index in [4.69, 9.17) is 4.74 Å². The summed E-state index contributed by atoms with van der Waals surface area (Å²) >= 11 is 0.